The van der Waals surface area contributed by atoms with E-state index in [1.54, 1.807) is 31.2 Å². The highest BCUT2D eigenvalue weighted by molar-refractivity contribution is 6.04. The van der Waals surface area contributed by atoms with Gasteiger partial charge in [-0.3, -0.25) is 14.9 Å². The molecule has 0 atom stereocenters. The minimum atomic E-state index is -0.462. The summed E-state index contributed by atoms with van der Waals surface area (Å²) in [5, 5.41) is 13.5. The fourth-order valence-corrected chi connectivity index (χ4v) is 2.13. The Morgan fingerprint density at radius 3 is 2.50 bits per heavy atom. The number of hydrogen-bond donors (Lipinski definition) is 1. The lowest BCUT2D eigenvalue weighted by atomic mass is 10.1. The smallest absolute Gasteiger partial charge is 0.269 e. The summed E-state index contributed by atoms with van der Waals surface area (Å²) in [6.07, 6.45) is 2.05. The molecule has 1 amide bonds. The van der Waals surface area contributed by atoms with E-state index in [0.717, 1.165) is 18.6 Å². The molecule has 0 saturated heterocycles. The molecule has 0 aliphatic rings. The maximum Gasteiger partial charge on any atom is 0.269 e. The van der Waals surface area contributed by atoms with Gasteiger partial charge in [0.05, 0.1) is 11.5 Å². The molecule has 0 aliphatic carbocycles. The Kier molecular flexibility index (Phi) is 5.89. The average Bonchev–Trinajstić information content (AvgIpc) is 2.57. The summed E-state index contributed by atoms with van der Waals surface area (Å²) in [5.74, 6) is 0.457. The van der Waals surface area contributed by atoms with Crippen molar-refractivity contribution in [3.8, 4) is 5.75 Å². The van der Waals surface area contributed by atoms with Crippen molar-refractivity contribution in [3.63, 3.8) is 0 Å². The molecule has 0 saturated carbocycles. The van der Waals surface area contributed by atoms with E-state index in [4.69, 9.17) is 4.74 Å². The van der Waals surface area contributed by atoms with Crippen molar-refractivity contribution in [1.82, 2.24) is 0 Å². The molecular weight excluding hydrogens is 308 g/mol. The number of nitrogens with zero attached hydrogens (tertiary/aromatic N) is 1. The van der Waals surface area contributed by atoms with Gasteiger partial charge in [0.15, 0.2) is 0 Å². The standard InChI is InChI=1S/C18H20N2O4/c1-3-4-11-24-16-8-5-14(6-9-16)18(21)19-17-10-7-15(20(22)23)12-13(17)2/h5-10,12H,3-4,11H2,1-2H3,(H,19,21). The molecule has 1 N–H and O–H groups in total. The molecule has 0 aromatic heterocycles. The van der Waals surface area contributed by atoms with Gasteiger partial charge in [-0.15, -0.1) is 0 Å². The van der Waals surface area contributed by atoms with Gasteiger partial charge < -0.3 is 10.1 Å². The lowest BCUT2D eigenvalue weighted by molar-refractivity contribution is -0.384. The Morgan fingerprint density at radius 1 is 1.21 bits per heavy atom. The van der Waals surface area contributed by atoms with Gasteiger partial charge in [0.2, 0.25) is 0 Å². The number of aryl methyl sites for hydroxylation is 1. The Balaban J connectivity index is 2.03. The number of ether oxygens (including phenoxy) is 1. The van der Waals surface area contributed by atoms with Crippen LogP contribution in [0.15, 0.2) is 42.5 Å². The number of nitro groups is 1. The zero-order chi connectivity index (χ0) is 17.5. The average molecular weight is 328 g/mol. The number of amides is 1. The predicted octanol–water partition coefficient (Wildman–Crippen LogP) is 4.33. The minimum Gasteiger partial charge on any atom is -0.494 e. The van der Waals surface area contributed by atoms with Crippen LogP contribution in [0, 0.1) is 17.0 Å². The summed E-state index contributed by atoms with van der Waals surface area (Å²) in [5.41, 5.74) is 1.68. The normalized spacial score (nSPS) is 10.2. The first-order chi connectivity index (χ1) is 11.5. The zero-order valence-corrected chi connectivity index (χ0v) is 13.7. The number of carbonyl (C=O) groups is 1. The number of benzene rings is 2. The van der Waals surface area contributed by atoms with Crippen LogP contribution in [-0.4, -0.2) is 17.4 Å². The first-order valence-electron chi connectivity index (χ1n) is 7.80. The summed E-state index contributed by atoms with van der Waals surface area (Å²) in [6, 6.07) is 11.2. The second kappa shape index (κ2) is 8.10. The van der Waals surface area contributed by atoms with Crippen LogP contribution in [0.1, 0.15) is 35.7 Å². The third-order valence-electron chi connectivity index (χ3n) is 3.55. The molecular formula is C18H20N2O4. The largest absolute Gasteiger partial charge is 0.494 e. The van der Waals surface area contributed by atoms with Gasteiger partial charge in [0.1, 0.15) is 5.75 Å². The molecule has 2 rings (SSSR count). The first-order valence-corrected chi connectivity index (χ1v) is 7.80. The van der Waals surface area contributed by atoms with Crippen molar-refractivity contribution in [1.29, 1.82) is 0 Å². The second-order valence-corrected chi connectivity index (χ2v) is 5.44. The van der Waals surface area contributed by atoms with E-state index in [0.29, 0.717) is 23.4 Å². The molecule has 0 spiro atoms. The highest BCUT2D eigenvalue weighted by Gasteiger charge is 2.11. The molecule has 6 nitrogen and oxygen atoms in total. The Hall–Kier alpha value is -2.89. The number of hydrogen-bond acceptors (Lipinski definition) is 4. The molecule has 0 unspecified atom stereocenters. The van der Waals surface area contributed by atoms with Gasteiger partial charge in [-0.1, -0.05) is 13.3 Å². The van der Waals surface area contributed by atoms with Crippen LogP contribution in [0.25, 0.3) is 0 Å². The molecule has 0 aliphatic heterocycles. The first kappa shape index (κ1) is 17.5. The monoisotopic (exact) mass is 328 g/mol. The van der Waals surface area contributed by atoms with Crippen LogP contribution in [-0.2, 0) is 0 Å². The molecule has 2 aromatic rings. The van der Waals surface area contributed by atoms with Crippen molar-refractivity contribution in [3.05, 3.63) is 63.7 Å². The van der Waals surface area contributed by atoms with E-state index in [-0.39, 0.29) is 11.6 Å². The summed E-state index contributed by atoms with van der Waals surface area (Å²) >= 11 is 0. The van der Waals surface area contributed by atoms with E-state index in [9.17, 15) is 14.9 Å². The van der Waals surface area contributed by atoms with E-state index >= 15 is 0 Å². The molecule has 2 aromatic carbocycles. The van der Waals surface area contributed by atoms with E-state index in [1.807, 2.05) is 0 Å². The number of unbranched alkanes of at least 4 members (excludes halogenated alkanes) is 1. The Bertz CT molecular complexity index is 726. The lowest BCUT2D eigenvalue weighted by Crippen LogP contribution is -2.12. The summed E-state index contributed by atoms with van der Waals surface area (Å²) in [4.78, 5) is 22.5. The second-order valence-electron chi connectivity index (χ2n) is 5.44. The molecule has 126 valence electrons. The van der Waals surface area contributed by atoms with Gasteiger partial charge in [-0.05, 0) is 49.2 Å². The number of non-ortho nitro benzene ring substituents is 1. The third-order valence-corrected chi connectivity index (χ3v) is 3.55. The van der Waals surface area contributed by atoms with E-state index < -0.39 is 4.92 Å². The lowest BCUT2D eigenvalue weighted by Gasteiger charge is -2.09. The van der Waals surface area contributed by atoms with Crippen molar-refractivity contribution in [2.24, 2.45) is 0 Å². The molecule has 0 heterocycles. The van der Waals surface area contributed by atoms with E-state index in [2.05, 4.69) is 12.2 Å². The number of nitrogens with one attached hydrogen (secondary N) is 1. The molecule has 0 bridgehead atoms. The van der Waals surface area contributed by atoms with Gasteiger partial charge in [-0.25, -0.2) is 0 Å². The number of anilines is 1. The van der Waals surface area contributed by atoms with Crippen molar-refractivity contribution in [2.45, 2.75) is 26.7 Å². The molecule has 6 heteroatoms. The predicted molar refractivity (Wildman–Crippen MR) is 92.6 cm³/mol. The number of nitro benzene ring substituents is 1. The third kappa shape index (κ3) is 4.55. The van der Waals surface area contributed by atoms with Gasteiger partial charge in [0.25, 0.3) is 11.6 Å². The van der Waals surface area contributed by atoms with Crippen molar-refractivity contribution in [2.75, 3.05) is 11.9 Å². The summed E-state index contributed by atoms with van der Waals surface area (Å²) in [6.45, 7) is 4.47. The maximum atomic E-state index is 12.3. The fourth-order valence-electron chi connectivity index (χ4n) is 2.13. The summed E-state index contributed by atoms with van der Waals surface area (Å²) in [7, 11) is 0. The van der Waals surface area contributed by atoms with Crippen LogP contribution in [0.2, 0.25) is 0 Å². The zero-order valence-electron chi connectivity index (χ0n) is 13.7. The highest BCUT2D eigenvalue weighted by atomic mass is 16.6. The Labute approximate surface area is 140 Å². The van der Waals surface area contributed by atoms with Gasteiger partial charge in [-0.2, -0.15) is 0 Å². The topological polar surface area (TPSA) is 81.5 Å². The van der Waals surface area contributed by atoms with Crippen molar-refractivity contribution < 1.29 is 14.5 Å². The fraction of sp³-hybridized carbons (Fsp3) is 0.278. The van der Waals surface area contributed by atoms with Crippen LogP contribution in [0.5, 0.6) is 5.75 Å². The minimum absolute atomic E-state index is 0.000852. The van der Waals surface area contributed by atoms with Crippen LogP contribution >= 0.6 is 0 Å². The van der Waals surface area contributed by atoms with Crippen LogP contribution < -0.4 is 10.1 Å². The number of carbonyl (C=O) groups excluding carboxylic acids is 1. The SMILES string of the molecule is CCCCOc1ccc(C(=O)Nc2ccc([N+](=O)[O-])cc2C)cc1. The number of rotatable bonds is 7. The molecule has 24 heavy (non-hydrogen) atoms. The van der Waals surface area contributed by atoms with Crippen LogP contribution in [0.3, 0.4) is 0 Å². The highest BCUT2D eigenvalue weighted by Crippen LogP contribution is 2.22. The maximum absolute atomic E-state index is 12.3. The Morgan fingerprint density at radius 2 is 1.92 bits per heavy atom. The van der Waals surface area contributed by atoms with Gasteiger partial charge in [0, 0.05) is 23.4 Å². The van der Waals surface area contributed by atoms with Crippen LogP contribution in [0.4, 0.5) is 11.4 Å². The summed E-state index contributed by atoms with van der Waals surface area (Å²) < 4.78 is 5.56. The molecule has 0 radical (unpaired) electrons. The van der Waals surface area contributed by atoms with Crippen molar-refractivity contribution >= 4 is 17.3 Å². The molecule has 0 fully saturated rings. The quantitative estimate of drug-likeness (QED) is 0.466. The van der Waals surface area contributed by atoms with E-state index in [1.165, 1.54) is 18.2 Å². The van der Waals surface area contributed by atoms with Gasteiger partial charge >= 0.3 is 0 Å².